The van der Waals surface area contributed by atoms with Gasteiger partial charge >= 0.3 is 0 Å². The summed E-state index contributed by atoms with van der Waals surface area (Å²) in [4.78, 5) is 56.8. The van der Waals surface area contributed by atoms with E-state index in [0.29, 0.717) is 37.9 Å². The molecule has 0 spiro atoms. The second-order valence-corrected chi connectivity index (χ2v) is 10.6. The minimum Gasteiger partial charge on any atom is -0.378 e. The quantitative estimate of drug-likeness (QED) is 0.563. The molecular weight excluding hydrogens is 458 g/mol. The van der Waals surface area contributed by atoms with Crippen LogP contribution in [-0.2, 0) is 14.4 Å². The van der Waals surface area contributed by atoms with Gasteiger partial charge in [-0.3, -0.25) is 19.2 Å². The molecule has 0 aromatic heterocycles. The lowest BCUT2D eigenvalue weighted by atomic mass is 10.0. The van der Waals surface area contributed by atoms with Gasteiger partial charge in [-0.25, -0.2) is 0 Å². The predicted octanol–water partition coefficient (Wildman–Crippen LogP) is 1.42. The summed E-state index contributed by atoms with van der Waals surface area (Å²) in [6, 6.07) is 6.50. The topological polar surface area (TPSA) is 102 Å². The lowest BCUT2D eigenvalue weighted by molar-refractivity contribution is -0.137. The molecule has 0 aliphatic carbocycles. The maximum atomic E-state index is 13.1. The fourth-order valence-corrected chi connectivity index (χ4v) is 5.62. The van der Waals surface area contributed by atoms with Gasteiger partial charge < -0.3 is 25.3 Å². The minimum absolute atomic E-state index is 0.00492. The van der Waals surface area contributed by atoms with Crippen LogP contribution in [0.5, 0.6) is 0 Å². The third-order valence-corrected chi connectivity index (χ3v) is 7.73. The number of hydrogen-bond donors (Lipinski definition) is 2. The van der Waals surface area contributed by atoms with Crippen LogP contribution in [0.4, 0.5) is 5.69 Å². The lowest BCUT2D eigenvalue weighted by Crippen LogP contribution is -2.51. The summed E-state index contributed by atoms with van der Waals surface area (Å²) >= 11 is 0. The van der Waals surface area contributed by atoms with Crippen molar-refractivity contribution in [3.63, 3.8) is 0 Å². The monoisotopic (exact) mass is 497 g/mol. The van der Waals surface area contributed by atoms with Crippen LogP contribution >= 0.6 is 0 Å². The van der Waals surface area contributed by atoms with Crippen LogP contribution in [0.25, 0.3) is 0 Å². The fraction of sp³-hybridized carbons (Fsp3) is 0.630. The van der Waals surface area contributed by atoms with Crippen molar-refractivity contribution >= 4 is 29.2 Å². The number of likely N-dealkylation sites (tertiary alicyclic amines) is 2. The summed E-state index contributed by atoms with van der Waals surface area (Å²) in [6.07, 6.45) is 4.54. The smallest absolute Gasteiger partial charge is 0.251 e. The summed E-state index contributed by atoms with van der Waals surface area (Å²) in [7, 11) is 3.90. The van der Waals surface area contributed by atoms with Gasteiger partial charge in [0.2, 0.25) is 11.8 Å². The van der Waals surface area contributed by atoms with Gasteiger partial charge in [-0.2, -0.15) is 0 Å². The molecule has 3 aliphatic heterocycles. The van der Waals surface area contributed by atoms with E-state index in [4.69, 9.17) is 0 Å². The van der Waals surface area contributed by atoms with Crippen LogP contribution in [-0.4, -0.2) is 91.7 Å². The Balaban J connectivity index is 1.24. The lowest BCUT2D eigenvalue weighted by Gasteiger charge is -2.30. The molecule has 3 fully saturated rings. The molecule has 9 nitrogen and oxygen atoms in total. The average Bonchev–Trinajstić information content (AvgIpc) is 3.45. The number of Topliss-reactive ketones (excluding diaryl/α,β-unsaturated/α-hetero) is 1. The standard InChI is InChI=1S/C27H39N5O4/c1-18(11-14-29-26(35)19-7-9-20(10-8-19)30(2)3)16-24(34)31-15-12-22-25(31)23(33)17-32(22)27(36)21-6-4-5-13-28-21/h7-10,18,21-22,25,28H,4-6,11-17H2,1-3H3,(H,29,35). The first-order chi connectivity index (χ1) is 17.3. The summed E-state index contributed by atoms with van der Waals surface area (Å²) in [6.45, 7) is 3.91. The number of nitrogens with zero attached hydrogens (tertiary/aromatic N) is 3. The van der Waals surface area contributed by atoms with E-state index in [1.807, 2.05) is 38.1 Å². The van der Waals surface area contributed by atoms with Crippen molar-refractivity contribution in [1.82, 2.24) is 20.4 Å². The Morgan fingerprint density at radius 1 is 1.11 bits per heavy atom. The minimum atomic E-state index is -0.512. The molecule has 1 aromatic carbocycles. The maximum Gasteiger partial charge on any atom is 0.251 e. The van der Waals surface area contributed by atoms with E-state index in [9.17, 15) is 19.2 Å². The van der Waals surface area contributed by atoms with Crippen molar-refractivity contribution in [2.75, 3.05) is 45.2 Å². The molecule has 0 radical (unpaired) electrons. The highest BCUT2D eigenvalue weighted by atomic mass is 16.2. The number of fused-ring (bicyclic) bond motifs is 1. The number of benzene rings is 1. The van der Waals surface area contributed by atoms with Crippen LogP contribution in [0.2, 0.25) is 0 Å². The number of anilines is 1. The molecule has 4 rings (SSSR count). The highest BCUT2D eigenvalue weighted by Gasteiger charge is 2.52. The van der Waals surface area contributed by atoms with Gasteiger partial charge in [0, 0.05) is 44.9 Å². The number of carbonyl (C=O) groups excluding carboxylic acids is 4. The molecule has 36 heavy (non-hydrogen) atoms. The van der Waals surface area contributed by atoms with E-state index in [1.54, 1.807) is 21.9 Å². The first-order valence-electron chi connectivity index (χ1n) is 13.2. The highest BCUT2D eigenvalue weighted by Crippen LogP contribution is 2.31. The zero-order valence-corrected chi connectivity index (χ0v) is 21.7. The Labute approximate surface area is 213 Å². The molecule has 1 aromatic rings. The molecule has 3 saturated heterocycles. The summed E-state index contributed by atoms with van der Waals surface area (Å²) in [5.41, 5.74) is 1.64. The molecule has 4 atom stereocenters. The molecule has 3 amide bonds. The van der Waals surface area contributed by atoms with Crippen molar-refractivity contribution in [1.29, 1.82) is 0 Å². The third kappa shape index (κ3) is 5.72. The van der Waals surface area contributed by atoms with Gasteiger partial charge in [0.25, 0.3) is 5.91 Å². The zero-order chi connectivity index (χ0) is 25.8. The molecule has 9 heteroatoms. The number of nitrogens with one attached hydrogen (secondary N) is 2. The molecule has 196 valence electrons. The predicted molar refractivity (Wildman–Crippen MR) is 138 cm³/mol. The number of amides is 3. The van der Waals surface area contributed by atoms with Crippen LogP contribution in [0.3, 0.4) is 0 Å². The van der Waals surface area contributed by atoms with Crippen LogP contribution in [0, 0.1) is 5.92 Å². The van der Waals surface area contributed by atoms with E-state index in [2.05, 4.69) is 10.6 Å². The second-order valence-electron chi connectivity index (χ2n) is 10.6. The van der Waals surface area contributed by atoms with Gasteiger partial charge in [-0.05, 0) is 62.4 Å². The zero-order valence-electron chi connectivity index (χ0n) is 21.7. The number of piperidine rings is 1. The SMILES string of the molecule is CC(CCNC(=O)c1ccc(N(C)C)cc1)CC(=O)N1CCC2C1C(=O)CN2C(=O)C1CCCCN1. The largest absolute Gasteiger partial charge is 0.378 e. The van der Waals surface area contributed by atoms with Crippen molar-refractivity contribution in [3.05, 3.63) is 29.8 Å². The molecule has 4 unspecified atom stereocenters. The molecular formula is C27H39N5O4. The van der Waals surface area contributed by atoms with Crippen molar-refractivity contribution in [2.45, 2.75) is 63.6 Å². The maximum absolute atomic E-state index is 13.1. The number of hydrogen-bond acceptors (Lipinski definition) is 6. The Hall–Kier alpha value is -2.94. The van der Waals surface area contributed by atoms with Crippen LogP contribution in [0.15, 0.2) is 24.3 Å². The highest BCUT2D eigenvalue weighted by molar-refractivity contribution is 5.98. The van der Waals surface area contributed by atoms with E-state index in [0.717, 1.165) is 31.5 Å². The summed E-state index contributed by atoms with van der Waals surface area (Å²) in [5.74, 6) is -0.136. The fourth-order valence-electron chi connectivity index (χ4n) is 5.62. The van der Waals surface area contributed by atoms with Crippen LogP contribution < -0.4 is 15.5 Å². The van der Waals surface area contributed by atoms with Gasteiger partial charge in [0.05, 0.1) is 18.6 Å². The normalized spacial score (nSPS) is 24.4. The Bertz CT molecular complexity index is 973. The van der Waals surface area contributed by atoms with E-state index >= 15 is 0 Å². The van der Waals surface area contributed by atoms with Gasteiger partial charge in [0.1, 0.15) is 6.04 Å². The van der Waals surface area contributed by atoms with E-state index in [-0.39, 0.29) is 48.1 Å². The molecule has 3 heterocycles. The average molecular weight is 498 g/mol. The Morgan fingerprint density at radius 3 is 2.53 bits per heavy atom. The van der Waals surface area contributed by atoms with Crippen molar-refractivity contribution < 1.29 is 19.2 Å². The number of rotatable bonds is 8. The first-order valence-corrected chi connectivity index (χ1v) is 13.2. The second kappa shape index (κ2) is 11.4. The third-order valence-electron chi connectivity index (χ3n) is 7.73. The summed E-state index contributed by atoms with van der Waals surface area (Å²) < 4.78 is 0. The van der Waals surface area contributed by atoms with Crippen molar-refractivity contribution in [2.24, 2.45) is 5.92 Å². The Kier molecular flexibility index (Phi) is 8.28. The van der Waals surface area contributed by atoms with Gasteiger partial charge in [-0.1, -0.05) is 13.3 Å². The molecule has 3 aliphatic rings. The van der Waals surface area contributed by atoms with Crippen LogP contribution in [0.1, 0.15) is 55.8 Å². The number of ketones is 1. The van der Waals surface area contributed by atoms with E-state index in [1.165, 1.54) is 0 Å². The first kappa shape index (κ1) is 26.1. The molecule has 0 saturated carbocycles. The van der Waals surface area contributed by atoms with Gasteiger partial charge in [0.15, 0.2) is 5.78 Å². The summed E-state index contributed by atoms with van der Waals surface area (Å²) in [5, 5.41) is 6.21. The van der Waals surface area contributed by atoms with Gasteiger partial charge in [-0.15, -0.1) is 0 Å². The van der Waals surface area contributed by atoms with E-state index < -0.39 is 6.04 Å². The number of carbonyl (C=O) groups is 4. The molecule has 0 bridgehead atoms. The molecule has 2 N–H and O–H groups in total. The Morgan fingerprint density at radius 2 is 1.86 bits per heavy atom. The van der Waals surface area contributed by atoms with Crippen molar-refractivity contribution in [3.8, 4) is 0 Å².